The number of nitrogens with one attached hydrogen (secondary N) is 3. The van der Waals surface area contributed by atoms with E-state index >= 15 is 0 Å². The van der Waals surface area contributed by atoms with Crippen molar-refractivity contribution >= 4 is 46.4 Å². The van der Waals surface area contributed by atoms with E-state index in [9.17, 15) is 24.0 Å². The van der Waals surface area contributed by atoms with Crippen LogP contribution in [0.1, 0.15) is 34.3 Å². The molecule has 10 nitrogen and oxygen atoms in total. The molecule has 1 unspecified atom stereocenters. The highest BCUT2D eigenvalue weighted by Crippen LogP contribution is 2.23. The lowest BCUT2D eigenvalue weighted by Gasteiger charge is -2.14. The number of thioether (sulfide) groups is 1. The number of carbonyl (C=O) groups is 5. The van der Waals surface area contributed by atoms with Gasteiger partial charge in [0.25, 0.3) is 11.1 Å². The van der Waals surface area contributed by atoms with Gasteiger partial charge in [-0.3, -0.25) is 24.5 Å². The van der Waals surface area contributed by atoms with Gasteiger partial charge in [-0.1, -0.05) is 36.0 Å². The molecule has 2 aromatic carbocycles. The van der Waals surface area contributed by atoms with Crippen molar-refractivity contribution in [3.05, 3.63) is 65.2 Å². The van der Waals surface area contributed by atoms with E-state index in [0.717, 1.165) is 28.6 Å². The first kappa shape index (κ1) is 24.8. The molecule has 0 saturated carbocycles. The fourth-order valence-corrected chi connectivity index (χ4v) is 4.10. The molecule has 34 heavy (non-hydrogen) atoms. The number of hydrogen-bond acceptors (Lipinski definition) is 7. The number of anilines is 1. The van der Waals surface area contributed by atoms with E-state index in [4.69, 9.17) is 10.2 Å². The minimum absolute atomic E-state index is 0.206. The lowest BCUT2D eigenvalue weighted by atomic mass is 10.1. The summed E-state index contributed by atoms with van der Waals surface area (Å²) in [5.41, 5.74) is 2.94. The van der Waals surface area contributed by atoms with Crippen molar-refractivity contribution in [2.45, 2.75) is 37.1 Å². The van der Waals surface area contributed by atoms with Crippen LogP contribution in [0.3, 0.4) is 0 Å². The summed E-state index contributed by atoms with van der Waals surface area (Å²) >= 11 is 0.995. The number of imide groups is 1. The van der Waals surface area contributed by atoms with Crippen molar-refractivity contribution in [2.24, 2.45) is 0 Å². The maximum Gasteiger partial charge on any atom is 0.326 e. The number of aliphatic carboxylic acids is 2. The highest BCUT2D eigenvalue weighted by Gasteiger charge is 2.31. The molecular weight excluding hydrogens is 462 g/mol. The third kappa shape index (κ3) is 7.07. The second-order valence-electron chi connectivity index (χ2n) is 7.63. The third-order valence-corrected chi connectivity index (χ3v) is 6.09. The van der Waals surface area contributed by atoms with Crippen LogP contribution in [-0.2, 0) is 27.3 Å². The molecular formula is C23H23N3O7S. The standard InChI is InChI=1S/C23H23N3O7S/c27-19(28)10-9-17(22(31)32)25-20(29)15-5-1-14(2-6-15)12-24-16-7-3-13(4-8-16)11-18-21(30)26-23(33)34-18/h1-8,17-18,24H,9-12H2,(H,25,29)(H,27,28)(H,31,32)(H,26,30,33)/t17-,18?/m1/s1. The SMILES string of the molecule is O=C(O)CC[C@@H](NC(=O)c1ccc(CNc2ccc(CC3SC(=O)NC3=O)cc2)cc1)C(=O)O. The molecule has 0 bridgehead atoms. The second kappa shape index (κ2) is 11.3. The normalized spacial score (nSPS) is 15.9. The van der Waals surface area contributed by atoms with Gasteiger partial charge in [-0.15, -0.1) is 0 Å². The van der Waals surface area contributed by atoms with Gasteiger partial charge >= 0.3 is 11.9 Å². The maximum atomic E-state index is 12.3. The van der Waals surface area contributed by atoms with Gasteiger partial charge in [-0.05, 0) is 48.2 Å². The van der Waals surface area contributed by atoms with Crippen molar-refractivity contribution < 1.29 is 34.2 Å². The molecule has 11 heteroatoms. The average molecular weight is 486 g/mol. The number of amides is 3. The van der Waals surface area contributed by atoms with Crippen LogP contribution in [0.2, 0.25) is 0 Å². The molecule has 178 valence electrons. The van der Waals surface area contributed by atoms with E-state index in [1.54, 1.807) is 24.3 Å². The smallest absolute Gasteiger partial charge is 0.326 e. The van der Waals surface area contributed by atoms with Crippen LogP contribution in [0, 0.1) is 0 Å². The first-order valence-corrected chi connectivity index (χ1v) is 11.3. The molecule has 0 spiro atoms. The Morgan fingerprint density at radius 1 is 0.971 bits per heavy atom. The summed E-state index contributed by atoms with van der Waals surface area (Å²) < 4.78 is 0. The van der Waals surface area contributed by atoms with Gasteiger partial charge in [0.1, 0.15) is 6.04 Å². The molecule has 1 aliphatic heterocycles. The molecule has 1 fully saturated rings. The van der Waals surface area contributed by atoms with Gasteiger partial charge < -0.3 is 20.8 Å². The number of rotatable bonds is 11. The Balaban J connectivity index is 1.50. The fraction of sp³-hybridized carbons (Fsp3) is 0.261. The van der Waals surface area contributed by atoms with Gasteiger partial charge in [0, 0.05) is 24.2 Å². The van der Waals surface area contributed by atoms with E-state index in [1.165, 1.54) is 0 Å². The lowest BCUT2D eigenvalue weighted by molar-refractivity contribution is -0.140. The van der Waals surface area contributed by atoms with Crippen LogP contribution in [0.5, 0.6) is 0 Å². The Morgan fingerprint density at radius 3 is 2.18 bits per heavy atom. The molecule has 1 saturated heterocycles. The summed E-state index contributed by atoms with van der Waals surface area (Å²) in [5.74, 6) is -3.29. The molecule has 0 aliphatic carbocycles. The molecule has 1 heterocycles. The number of benzene rings is 2. The van der Waals surface area contributed by atoms with E-state index in [-0.39, 0.29) is 29.6 Å². The van der Waals surface area contributed by atoms with Gasteiger partial charge in [0.05, 0.1) is 5.25 Å². The monoisotopic (exact) mass is 485 g/mol. The Morgan fingerprint density at radius 2 is 1.62 bits per heavy atom. The molecule has 2 atom stereocenters. The fourth-order valence-electron chi connectivity index (χ4n) is 3.25. The van der Waals surface area contributed by atoms with Crippen molar-refractivity contribution in [3.8, 4) is 0 Å². The molecule has 3 amide bonds. The van der Waals surface area contributed by atoms with Crippen molar-refractivity contribution in [3.63, 3.8) is 0 Å². The summed E-state index contributed by atoms with van der Waals surface area (Å²) in [6.45, 7) is 0.479. The highest BCUT2D eigenvalue weighted by atomic mass is 32.2. The van der Waals surface area contributed by atoms with Gasteiger partial charge in [-0.2, -0.15) is 0 Å². The van der Waals surface area contributed by atoms with Crippen LogP contribution < -0.4 is 16.0 Å². The Bertz CT molecular complexity index is 1090. The molecule has 0 aromatic heterocycles. The van der Waals surface area contributed by atoms with Crippen LogP contribution in [0.4, 0.5) is 10.5 Å². The number of hydrogen-bond donors (Lipinski definition) is 5. The minimum atomic E-state index is -1.29. The Hall–Kier alpha value is -3.86. The third-order valence-electron chi connectivity index (χ3n) is 5.11. The van der Waals surface area contributed by atoms with Gasteiger partial charge in [0.2, 0.25) is 5.91 Å². The summed E-state index contributed by atoms with van der Waals surface area (Å²) in [6, 6.07) is 12.8. The Labute approximate surface area is 199 Å². The topological polar surface area (TPSA) is 162 Å². The number of carbonyl (C=O) groups excluding carboxylic acids is 3. The number of carboxylic acid groups (broad SMARTS) is 2. The van der Waals surface area contributed by atoms with E-state index in [2.05, 4.69) is 16.0 Å². The lowest BCUT2D eigenvalue weighted by Crippen LogP contribution is -2.41. The Kier molecular flexibility index (Phi) is 8.25. The molecule has 2 aromatic rings. The van der Waals surface area contributed by atoms with Crippen molar-refractivity contribution in [1.82, 2.24) is 10.6 Å². The molecule has 5 N–H and O–H groups in total. The summed E-state index contributed by atoms with van der Waals surface area (Å²) in [6.07, 6.45) is -0.107. The van der Waals surface area contributed by atoms with E-state index in [0.29, 0.717) is 13.0 Å². The highest BCUT2D eigenvalue weighted by molar-refractivity contribution is 8.15. The summed E-state index contributed by atoms with van der Waals surface area (Å²) in [5, 5.41) is 25.0. The molecule has 0 radical (unpaired) electrons. The second-order valence-corrected chi connectivity index (χ2v) is 8.81. The van der Waals surface area contributed by atoms with E-state index in [1.807, 2.05) is 24.3 Å². The van der Waals surface area contributed by atoms with Crippen molar-refractivity contribution in [1.29, 1.82) is 0 Å². The molecule has 1 aliphatic rings. The minimum Gasteiger partial charge on any atom is -0.481 e. The average Bonchev–Trinajstić information content (AvgIpc) is 3.12. The quantitative estimate of drug-likeness (QED) is 0.321. The van der Waals surface area contributed by atoms with Crippen LogP contribution >= 0.6 is 11.8 Å². The van der Waals surface area contributed by atoms with E-state index < -0.39 is 29.1 Å². The first-order chi connectivity index (χ1) is 16.2. The van der Waals surface area contributed by atoms with Crippen LogP contribution in [0.25, 0.3) is 0 Å². The predicted octanol–water partition coefficient (Wildman–Crippen LogP) is 2.24. The number of carboxylic acids is 2. The van der Waals surface area contributed by atoms with Crippen molar-refractivity contribution in [2.75, 3.05) is 5.32 Å². The largest absolute Gasteiger partial charge is 0.481 e. The zero-order valence-electron chi connectivity index (χ0n) is 17.9. The molecule has 3 rings (SSSR count). The van der Waals surface area contributed by atoms with Gasteiger partial charge in [-0.25, -0.2) is 4.79 Å². The van der Waals surface area contributed by atoms with Crippen LogP contribution in [0.15, 0.2) is 48.5 Å². The zero-order valence-corrected chi connectivity index (χ0v) is 18.8. The van der Waals surface area contributed by atoms with Gasteiger partial charge in [0.15, 0.2) is 0 Å². The summed E-state index contributed by atoms with van der Waals surface area (Å²) in [4.78, 5) is 57.1. The first-order valence-electron chi connectivity index (χ1n) is 10.4. The predicted molar refractivity (Wildman–Crippen MR) is 125 cm³/mol. The zero-order chi connectivity index (χ0) is 24.7. The maximum absolute atomic E-state index is 12.3. The summed E-state index contributed by atoms with van der Waals surface area (Å²) in [7, 11) is 0. The van der Waals surface area contributed by atoms with Crippen LogP contribution in [-0.4, -0.2) is 50.5 Å².